The van der Waals surface area contributed by atoms with Gasteiger partial charge >= 0.3 is 5.97 Å². The van der Waals surface area contributed by atoms with Crippen LogP contribution in [0.1, 0.15) is 28.7 Å². The fraction of sp³-hybridized carbons (Fsp3) is 0.250. The number of aryl methyl sites for hydroxylation is 1. The van der Waals surface area contributed by atoms with Crippen LogP contribution in [0.4, 0.5) is 0 Å². The number of aromatic nitrogens is 2. The van der Waals surface area contributed by atoms with Crippen molar-refractivity contribution in [1.82, 2.24) is 14.3 Å². The average Bonchev–Trinajstić information content (AvgIpc) is 3.10. The van der Waals surface area contributed by atoms with Crippen LogP contribution < -0.4 is 0 Å². The SMILES string of the molecule is CCN(Cc1ccccc1)C(=O)COC(=O)c1cn2c(C)cccc2n1. The van der Waals surface area contributed by atoms with E-state index in [9.17, 15) is 9.59 Å². The van der Waals surface area contributed by atoms with Crippen molar-refractivity contribution in [3.8, 4) is 0 Å². The van der Waals surface area contributed by atoms with Gasteiger partial charge in [0.25, 0.3) is 5.91 Å². The minimum absolute atomic E-state index is 0.193. The van der Waals surface area contributed by atoms with Gasteiger partial charge in [-0.15, -0.1) is 0 Å². The number of fused-ring (bicyclic) bond motifs is 1. The number of likely N-dealkylation sites (N-methyl/N-ethyl adjacent to an activating group) is 1. The Morgan fingerprint density at radius 2 is 1.88 bits per heavy atom. The zero-order valence-corrected chi connectivity index (χ0v) is 14.9. The zero-order chi connectivity index (χ0) is 18.5. The normalized spacial score (nSPS) is 10.7. The number of hydrogen-bond acceptors (Lipinski definition) is 4. The van der Waals surface area contributed by atoms with Crippen molar-refractivity contribution in [1.29, 1.82) is 0 Å². The quantitative estimate of drug-likeness (QED) is 0.641. The first kappa shape index (κ1) is 17.7. The number of pyridine rings is 1. The minimum atomic E-state index is -0.600. The first-order valence-electron chi connectivity index (χ1n) is 8.52. The summed E-state index contributed by atoms with van der Waals surface area (Å²) in [4.78, 5) is 30.5. The number of amides is 1. The summed E-state index contributed by atoms with van der Waals surface area (Å²) >= 11 is 0. The number of hydrogen-bond donors (Lipinski definition) is 0. The van der Waals surface area contributed by atoms with Gasteiger partial charge in [0, 0.05) is 25.0 Å². The largest absolute Gasteiger partial charge is 0.451 e. The van der Waals surface area contributed by atoms with Gasteiger partial charge in [0.15, 0.2) is 12.3 Å². The van der Waals surface area contributed by atoms with Crippen LogP contribution in [0, 0.1) is 6.92 Å². The van der Waals surface area contributed by atoms with E-state index in [1.54, 1.807) is 11.1 Å². The summed E-state index contributed by atoms with van der Waals surface area (Å²) in [6.07, 6.45) is 1.62. The molecule has 0 aliphatic heterocycles. The second kappa shape index (κ2) is 7.82. The lowest BCUT2D eigenvalue weighted by atomic mass is 10.2. The number of benzene rings is 1. The summed E-state index contributed by atoms with van der Waals surface area (Å²) in [5.41, 5.74) is 2.86. The summed E-state index contributed by atoms with van der Waals surface area (Å²) in [6, 6.07) is 15.3. The summed E-state index contributed by atoms with van der Waals surface area (Å²) in [7, 11) is 0. The second-order valence-electron chi connectivity index (χ2n) is 5.99. The van der Waals surface area contributed by atoms with Crippen molar-refractivity contribution in [2.75, 3.05) is 13.2 Å². The van der Waals surface area contributed by atoms with Crippen molar-refractivity contribution < 1.29 is 14.3 Å². The lowest BCUT2D eigenvalue weighted by molar-refractivity contribution is -0.134. The van der Waals surface area contributed by atoms with E-state index in [4.69, 9.17) is 4.74 Å². The van der Waals surface area contributed by atoms with Gasteiger partial charge in [0.2, 0.25) is 0 Å². The topological polar surface area (TPSA) is 63.9 Å². The maximum Gasteiger partial charge on any atom is 0.359 e. The molecule has 0 saturated carbocycles. The number of rotatable bonds is 6. The Labute approximate surface area is 152 Å². The molecular formula is C20H21N3O3. The third-order valence-corrected chi connectivity index (χ3v) is 4.18. The van der Waals surface area contributed by atoms with Crippen LogP contribution in [-0.2, 0) is 16.1 Å². The maximum atomic E-state index is 12.4. The van der Waals surface area contributed by atoms with E-state index >= 15 is 0 Å². The number of esters is 1. The Hall–Kier alpha value is -3.15. The Kier molecular flexibility index (Phi) is 5.31. The molecule has 0 unspecified atom stereocenters. The number of ether oxygens (including phenoxy) is 1. The van der Waals surface area contributed by atoms with Crippen LogP contribution in [0.5, 0.6) is 0 Å². The number of carbonyl (C=O) groups is 2. The van der Waals surface area contributed by atoms with E-state index in [0.29, 0.717) is 18.7 Å². The predicted molar refractivity (Wildman–Crippen MR) is 97.7 cm³/mol. The Bertz CT molecular complexity index is 918. The summed E-state index contributed by atoms with van der Waals surface area (Å²) in [6.45, 7) is 4.55. The first-order chi connectivity index (χ1) is 12.6. The highest BCUT2D eigenvalue weighted by Crippen LogP contribution is 2.10. The van der Waals surface area contributed by atoms with E-state index in [2.05, 4.69) is 4.98 Å². The van der Waals surface area contributed by atoms with E-state index < -0.39 is 5.97 Å². The Balaban J connectivity index is 1.62. The molecule has 2 heterocycles. The van der Waals surface area contributed by atoms with E-state index in [0.717, 1.165) is 11.3 Å². The van der Waals surface area contributed by atoms with Gasteiger partial charge in [-0.2, -0.15) is 0 Å². The molecule has 0 aliphatic rings. The van der Waals surface area contributed by atoms with E-state index in [-0.39, 0.29) is 18.2 Å². The number of nitrogens with zero attached hydrogens (tertiary/aromatic N) is 3. The van der Waals surface area contributed by atoms with Gasteiger partial charge in [-0.05, 0) is 31.5 Å². The molecule has 0 bridgehead atoms. The van der Waals surface area contributed by atoms with Crippen LogP contribution in [-0.4, -0.2) is 39.3 Å². The summed E-state index contributed by atoms with van der Waals surface area (Å²) in [5, 5.41) is 0. The third kappa shape index (κ3) is 3.91. The maximum absolute atomic E-state index is 12.4. The molecule has 1 amide bonds. The second-order valence-corrected chi connectivity index (χ2v) is 5.99. The first-order valence-corrected chi connectivity index (χ1v) is 8.52. The molecule has 0 fully saturated rings. The molecule has 3 aromatic rings. The highest BCUT2D eigenvalue weighted by atomic mass is 16.5. The van der Waals surface area contributed by atoms with Crippen molar-refractivity contribution in [2.45, 2.75) is 20.4 Å². The van der Waals surface area contributed by atoms with Gasteiger partial charge in [-0.25, -0.2) is 9.78 Å². The van der Waals surface area contributed by atoms with Gasteiger partial charge in [-0.3, -0.25) is 4.79 Å². The highest BCUT2D eigenvalue weighted by molar-refractivity contribution is 5.90. The predicted octanol–water partition coefficient (Wildman–Crippen LogP) is 2.85. The molecular weight excluding hydrogens is 330 g/mol. The fourth-order valence-corrected chi connectivity index (χ4v) is 2.72. The smallest absolute Gasteiger partial charge is 0.359 e. The molecule has 6 heteroatoms. The summed E-state index contributed by atoms with van der Waals surface area (Å²) < 4.78 is 6.99. The highest BCUT2D eigenvalue weighted by Gasteiger charge is 2.18. The van der Waals surface area contributed by atoms with Crippen molar-refractivity contribution in [2.24, 2.45) is 0 Å². The molecule has 0 aliphatic carbocycles. The standard InChI is InChI=1S/C20H21N3O3/c1-3-22(12-16-9-5-4-6-10-16)19(24)14-26-20(25)17-13-23-15(2)8-7-11-18(23)21-17/h4-11,13H,3,12,14H2,1-2H3. The molecule has 134 valence electrons. The van der Waals surface area contributed by atoms with Crippen LogP contribution in [0.15, 0.2) is 54.7 Å². The lowest BCUT2D eigenvalue weighted by Gasteiger charge is -2.20. The number of carbonyl (C=O) groups excluding carboxylic acids is 2. The molecule has 0 radical (unpaired) electrons. The fourth-order valence-electron chi connectivity index (χ4n) is 2.72. The van der Waals surface area contributed by atoms with Crippen LogP contribution >= 0.6 is 0 Å². The molecule has 6 nitrogen and oxygen atoms in total. The van der Waals surface area contributed by atoms with Crippen molar-refractivity contribution in [3.05, 3.63) is 71.7 Å². The molecule has 1 aromatic carbocycles. The lowest BCUT2D eigenvalue weighted by Crippen LogP contribution is -2.34. The average molecular weight is 351 g/mol. The van der Waals surface area contributed by atoms with E-state index in [1.807, 2.05) is 66.8 Å². The third-order valence-electron chi connectivity index (χ3n) is 4.18. The monoisotopic (exact) mass is 351 g/mol. The Morgan fingerprint density at radius 3 is 2.58 bits per heavy atom. The van der Waals surface area contributed by atoms with Crippen LogP contribution in [0.3, 0.4) is 0 Å². The molecule has 0 saturated heterocycles. The van der Waals surface area contributed by atoms with Crippen molar-refractivity contribution in [3.63, 3.8) is 0 Å². The molecule has 0 N–H and O–H groups in total. The molecule has 2 aromatic heterocycles. The summed E-state index contributed by atoms with van der Waals surface area (Å²) in [5.74, 6) is -0.832. The zero-order valence-electron chi connectivity index (χ0n) is 14.9. The molecule has 3 rings (SSSR count). The van der Waals surface area contributed by atoms with E-state index in [1.165, 1.54) is 0 Å². The van der Waals surface area contributed by atoms with Gasteiger partial charge < -0.3 is 14.0 Å². The number of imidazole rings is 1. The van der Waals surface area contributed by atoms with Gasteiger partial charge in [0.1, 0.15) is 5.65 Å². The van der Waals surface area contributed by atoms with Gasteiger partial charge in [-0.1, -0.05) is 36.4 Å². The molecule has 0 atom stereocenters. The van der Waals surface area contributed by atoms with Crippen molar-refractivity contribution >= 4 is 17.5 Å². The van der Waals surface area contributed by atoms with Crippen LogP contribution in [0.2, 0.25) is 0 Å². The Morgan fingerprint density at radius 1 is 1.12 bits per heavy atom. The molecule has 26 heavy (non-hydrogen) atoms. The molecule has 0 spiro atoms. The van der Waals surface area contributed by atoms with Crippen LogP contribution in [0.25, 0.3) is 5.65 Å². The minimum Gasteiger partial charge on any atom is -0.451 e. The van der Waals surface area contributed by atoms with Gasteiger partial charge in [0.05, 0.1) is 0 Å².